The van der Waals surface area contributed by atoms with Gasteiger partial charge in [-0.05, 0) is 30.2 Å². The average Bonchev–Trinajstić information content (AvgIpc) is 2.96. The molecule has 2 aromatic carbocycles. The van der Waals surface area contributed by atoms with Crippen molar-refractivity contribution in [1.29, 1.82) is 0 Å². The lowest BCUT2D eigenvalue weighted by molar-refractivity contribution is 0.0597. The molecule has 6 heteroatoms. The molecule has 0 aliphatic carbocycles. The lowest BCUT2D eigenvalue weighted by Gasteiger charge is -2.07. The number of H-pyrrole nitrogens is 1. The minimum absolute atomic E-state index is 0.0434. The molecule has 0 aliphatic heterocycles. The summed E-state index contributed by atoms with van der Waals surface area (Å²) in [5.74, 6) is -1.33. The van der Waals surface area contributed by atoms with Crippen molar-refractivity contribution in [1.82, 2.24) is 4.98 Å². The Morgan fingerprint density at radius 3 is 2.71 bits per heavy atom. The number of carbonyl (C=O) groups excluding carboxylic acids is 1. The molecular weight excluding hydrogens is 333 g/mol. The molecule has 0 bridgehead atoms. The van der Waals surface area contributed by atoms with Crippen LogP contribution in [0.15, 0.2) is 30.3 Å². The van der Waals surface area contributed by atoms with Crippen LogP contribution in [-0.4, -0.2) is 23.2 Å². The van der Waals surface area contributed by atoms with Gasteiger partial charge in [-0.25, -0.2) is 9.18 Å². The molecule has 0 unspecified atom stereocenters. The van der Waals surface area contributed by atoms with Crippen molar-refractivity contribution in [2.75, 3.05) is 7.11 Å². The van der Waals surface area contributed by atoms with Crippen molar-refractivity contribution in [2.45, 2.75) is 13.3 Å². The molecule has 0 atom stereocenters. The van der Waals surface area contributed by atoms with Crippen LogP contribution < -0.4 is 0 Å². The molecule has 2 N–H and O–H groups in total. The lowest BCUT2D eigenvalue weighted by Crippen LogP contribution is -2.01. The Morgan fingerprint density at radius 2 is 2.08 bits per heavy atom. The minimum atomic E-state index is -0.621. The summed E-state index contributed by atoms with van der Waals surface area (Å²) < 4.78 is 18.9. The summed E-state index contributed by atoms with van der Waals surface area (Å²) in [4.78, 5) is 14.6. The van der Waals surface area contributed by atoms with Crippen molar-refractivity contribution in [3.8, 4) is 17.0 Å². The summed E-state index contributed by atoms with van der Waals surface area (Å²) in [7, 11) is 1.25. The number of carbonyl (C=O) groups is 1. The fourth-order valence-electron chi connectivity index (χ4n) is 2.84. The van der Waals surface area contributed by atoms with Gasteiger partial charge in [-0.3, -0.25) is 0 Å². The van der Waals surface area contributed by atoms with Gasteiger partial charge in [0.2, 0.25) is 0 Å². The van der Waals surface area contributed by atoms with Crippen LogP contribution in [0.2, 0.25) is 5.02 Å². The van der Waals surface area contributed by atoms with Gasteiger partial charge in [0, 0.05) is 16.6 Å². The number of nitrogens with one attached hydrogen (secondary N) is 1. The molecule has 124 valence electrons. The van der Waals surface area contributed by atoms with E-state index in [1.165, 1.54) is 25.3 Å². The minimum Gasteiger partial charge on any atom is -0.507 e. The third kappa shape index (κ3) is 2.51. The summed E-state index contributed by atoms with van der Waals surface area (Å²) in [5, 5.41) is 10.9. The number of hydrogen-bond donors (Lipinski definition) is 2. The number of aromatic amines is 1. The maximum absolute atomic E-state index is 14.3. The van der Waals surface area contributed by atoms with Crippen molar-refractivity contribution in [2.24, 2.45) is 0 Å². The number of phenols is 1. The van der Waals surface area contributed by atoms with Gasteiger partial charge in [-0.2, -0.15) is 0 Å². The van der Waals surface area contributed by atoms with Crippen LogP contribution in [0.5, 0.6) is 5.75 Å². The normalized spacial score (nSPS) is 11.0. The number of benzene rings is 2. The van der Waals surface area contributed by atoms with E-state index in [1.54, 1.807) is 12.1 Å². The Hall–Kier alpha value is -2.53. The molecule has 1 aromatic heterocycles. The first-order valence-electron chi connectivity index (χ1n) is 7.38. The number of rotatable bonds is 3. The number of fused-ring (bicyclic) bond motifs is 1. The highest BCUT2D eigenvalue weighted by atomic mass is 35.5. The number of hydrogen-bond acceptors (Lipinski definition) is 3. The van der Waals surface area contributed by atoms with Gasteiger partial charge in [-0.15, -0.1) is 0 Å². The zero-order valence-electron chi connectivity index (χ0n) is 13.1. The Bertz CT molecular complexity index is 949. The van der Waals surface area contributed by atoms with Crippen LogP contribution in [0.1, 0.15) is 22.8 Å². The number of aromatic nitrogens is 1. The zero-order valence-corrected chi connectivity index (χ0v) is 13.9. The van der Waals surface area contributed by atoms with E-state index < -0.39 is 11.8 Å². The SMILES string of the molecule is CCc1c(-c2ccc(C(=O)OC)c(O)c2)[nH]c2c(F)c(Cl)ccc12. The lowest BCUT2D eigenvalue weighted by atomic mass is 10.0. The molecule has 0 fully saturated rings. The van der Waals surface area contributed by atoms with Gasteiger partial charge in [0.25, 0.3) is 0 Å². The molecule has 1 heterocycles. The monoisotopic (exact) mass is 347 g/mol. The average molecular weight is 348 g/mol. The summed E-state index contributed by atoms with van der Waals surface area (Å²) in [5.41, 5.74) is 2.63. The third-order valence-electron chi connectivity index (χ3n) is 4.02. The van der Waals surface area contributed by atoms with Crippen LogP contribution >= 0.6 is 11.6 Å². The van der Waals surface area contributed by atoms with Crippen molar-refractivity contribution >= 4 is 28.5 Å². The fraction of sp³-hybridized carbons (Fsp3) is 0.167. The largest absolute Gasteiger partial charge is 0.507 e. The number of aryl methyl sites for hydroxylation is 1. The zero-order chi connectivity index (χ0) is 17.4. The van der Waals surface area contributed by atoms with Gasteiger partial charge in [-0.1, -0.05) is 30.7 Å². The first kappa shape index (κ1) is 16.3. The summed E-state index contributed by atoms with van der Waals surface area (Å²) >= 11 is 5.85. The topological polar surface area (TPSA) is 62.3 Å². The summed E-state index contributed by atoms with van der Waals surface area (Å²) in [6.07, 6.45) is 0.663. The van der Waals surface area contributed by atoms with Crippen LogP contribution in [-0.2, 0) is 11.2 Å². The van der Waals surface area contributed by atoms with E-state index in [-0.39, 0.29) is 16.3 Å². The second kappa shape index (κ2) is 6.17. The maximum atomic E-state index is 14.3. The van der Waals surface area contributed by atoms with Gasteiger partial charge < -0.3 is 14.8 Å². The highest BCUT2D eigenvalue weighted by molar-refractivity contribution is 6.31. The highest BCUT2D eigenvalue weighted by Crippen LogP contribution is 2.35. The molecule has 0 aliphatic rings. The number of methoxy groups -OCH3 is 1. The fourth-order valence-corrected chi connectivity index (χ4v) is 3.00. The van der Waals surface area contributed by atoms with Crippen LogP contribution in [0.3, 0.4) is 0 Å². The predicted octanol–water partition coefficient (Wildman–Crippen LogP) is 4.68. The standard InChI is InChI=1S/C18H15ClFNO3/c1-3-10-11-6-7-13(19)15(20)17(11)21-16(10)9-4-5-12(14(22)8-9)18(23)24-2/h4-8,21-22H,3H2,1-2H3. The number of halogens is 2. The maximum Gasteiger partial charge on any atom is 0.341 e. The Kier molecular flexibility index (Phi) is 4.20. The second-order valence-electron chi connectivity index (χ2n) is 5.34. The Morgan fingerprint density at radius 1 is 1.33 bits per heavy atom. The van der Waals surface area contributed by atoms with E-state index in [0.717, 1.165) is 10.9 Å². The van der Waals surface area contributed by atoms with E-state index in [1.807, 2.05) is 6.92 Å². The van der Waals surface area contributed by atoms with Crippen molar-refractivity contribution in [3.05, 3.63) is 52.3 Å². The molecule has 0 saturated heterocycles. The van der Waals surface area contributed by atoms with Gasteiger partial charge in [0.15, 0.2) is 5.82 Å². The van der Waals surface area contributed by atoms with Crippen molar-refractivity contribution in [3.63, 3.8) is 0 Å². The quantitative estimate of drug-likeness (QED) is 0.676. The molecular formula is C18H15ClFNO3. The number of phenolic OH excluding ortho intramolecular Hbond substituents is 1. The van der Waals surface area contributed by atoms with Crippen LogP contribution in [0.25, 0.3) is 22.2 Å². The second-order valence-corrected chi connectivity index (χ2v) is 5.75. The summed E-state index contributed by atoms with van der Waals surface area (Å²) in [6.45, 7) is 1.96. The number of aromatic hydroxyl groups is 1. The Balaban J connectivity index is 2.21. The molecule has 3 rings (SSSR count). The first-order valence-corrected chi connectivity index (χ1v) is 7.76. The number of ether oxygens (including phenoxy) is 1. The Labute approximate surface area is 142 Å². The smallest absolute Gasteiger partial charge is 0.341 e. The van der Waals surface area contributed by atoms with Crippen molar-refractivity contribution < 1.29 is 19.0 Å². The van der Waals surface area contributed by atoms with E-state index >= 15 is 0 Å². The molecule has 3 aromatic rings. The first-order chi connectivity index (χ1) is 11.5. The van der Waals surface area contributed by atoms with Gasteiger partial charge in [0.05, 0.1) is 17.6 Å². The molecule has 24 heavy (non-hydrogen) atoms. The third-order valence-corrected chi connectivity index (χ3v) is 4.31. The van der Waals surface area contributed by atoms with E-state index in [4.69, 9.17) is 11.6 Å². The van der Waals surface area contributed by atoms with E-state index in [0.29, 0.717) is 23.2 Å². The van der Waals surface area contributed by atoms with Crippen LogP contribution in [0, 0.1) is 5.82 Å². The van der Waals surface area contributed by atoms with E-state index in [9.17, 15) is 14.3 Å². The molecule has 0 spiro atoms. The van der Waals surface area contributed by atoms with Gasteiger partial charge >= 0.3 is 5.97 Å². The molecule has 0 radical (unpaired) electrons. The number of esters is 1. The van der Waals surface area contributed by atoms with Gasteiger partial charge in [0.1, 0.15) is 11.3 Å². The summed E-state index contributed by atoms with van der Waals surface area (Å²) in [6, 6.07) is 7.89. The van der Waals surface area contributed by atoms with E-state index in [2.05, 4.69) is 9.72 Å². The molecule has 4 nitrogen and oxygen atoms in total. The molecule has 0 saturated carbocycles. The highest BCUT2D eigenvalue weighted by Gasteiger charge is 2.18. The predicted molar refractivity (Wildman–Crippen MR) is 91.1 cm³/mol. The molecule has 0 amide bonds. The van der Waals surface area contributed by atoms with Crippen LogP contribution in [0.4, 0.5) is 4.39 Å².